The van der Waals surface area contributed by atoms with E-state index in [9.17, 15) is 4.79 Å². The summed E-state index contributed by atoms with van der Waals surface area (Å²) in [6.07, 6.45) is 4.73. The molecule has 0 bridgehead atoms. The smallest absolute Gasteiger partial charge is 0.254 e. The molecular weight excluding hydrogens is 438 g/mol. The molecule has 1 fully saturated rings. The largest absolute Gasteiger partial charge is 0.368 e. The molecule has 8 heteroatoms. The van der Waals surface area contributed by atoms with Gasteiger partial charge in [0.15, 0.2) is 0 Å². The van der Waals surface area contributed by atoms with Crippen molar-refractivity contribution < 1.29 is 4.79 Å². The molecule has 0 spiro atoms. The summed E-state index contributed by atoms with van der Waals surface area (Å²) < 4.78 is 0. The Morgan fingerprint density at radius 1 is 1.00 bits per heavy atom. The number of fused-ring (bicyclic) bond motifs is 2. The number of carbonyl (C=O) groups excluding carboxylic acids is 1. The van der Waals surface area contributed by atoms with Crippen LogP contribution >= 0.6 is 0 Å². The maximum Gasteiger partial charge on any atom is 0.254 e. The predicted octanol–water partition coefficient (Wildman–Crippen LogP) is 3.27. The van der Waals surface area contributed by atoms with E-state index in [1.165, 1.54) is 5.56 Å². The van der Waals surface area contributed by atoms with Gasteiger partial charge in [-0.15, -0.1) is 0 Å². The van der Waals surface area contributed by atoms with E-state index in [1.54, 1.807) is 0 Å². The standard InChI is InChI=1S/C27H31N7O/c1-27(2)24-19(18-8-10-29-25-20(18)9-13-33(25)3)5-6-21(23(24)26(35)32-27)31-22-7-4-17(16-30-22)34-14-11-28-12-15-34/h4-8,10,16,28H,9,11-15H2,1-3H3,(H,30,31)(H,32,35). The first-order valence-corrected chi connectivity index (χ1v) is 12.3. The molecule has 0 aliphatic carbocycles. The van der Waals surface area contributed by atoms with Crippen LogP contribution in [-0.4, -0.2) is 55.6 Å². The molecule has 1 saturated heterocycles. The predicted molar refractivity (Wildman–Crippen MR) is 140 cm³/mol. The number of nitrogens with one attached hydrogen (secondary N) is 3. The number of anilines is 4. The van der Waals surface area contributed by atoms with Crippen LogP contribution in [-0.2, 0) is 12.0 Å². The third-order valence-electron chi connectivity index (χ3n) is 7.36. The quantitative estimate of drug-likeness (QED) is 0.541. The molecule has 3 aromatic rings. The van der Waals surface area contributed by atoms with Gasteiger partial charge in [-0.3, -0.25) is 4.79 Å². The molecule has 0 radical (unpaired) electrons. The van der Waals surface area contributed by atoms with Gasteiger partial charge in [0.25, 0.3) is 5.91 Å². The Balaban J connectivity index is 1.38. The van der Waals surface area contributed by atoms with Gasteiger partial charge in [0.1, 0.15) is 11.6 Å². The molecule has 180 valence electrons. The molecule has 0 unspecified atom stereocenters. The molecule has 35 heavy (non-hydrogen) atoms. The topological polar surface area (TPSA) is 85.4 Å². The minimum absolute atomic E-state index is 0.0605. The summed E-state index contributed by atoms with van der Waals surface area (Å²) in [4.78, 5) is 27.0. The van der Waals surface area contributed by atoms with Crippen molar-refractivity contribution in [3.8, 4) is 11.1 Å². The number of nitrogens with zero attached hydrogens (tertiary/aromatic N) is 4. The van der Waals surface area contributed by atoms with Gasteiger partial charge in [-0.05, 0) is 61.2 Å². The van der Waals surface area contributed by atoms with Crippen molar-refractivity contribution in [2.24, 2.45) is 0 Å². The van der Waals surface area contributed by atoms with E-state index in [2.05, 4.69) is 74.8 Å². The summed E-state index contributed by atoms with van der Waals surface area (Å²) in [5, 5.41) is 9.98. The summed E-state index contributed by atoms with van der Waals surface area (Å²) in [6.45, 7) is 9.02. The molecule has 0 atom stereocenters. The Morgan fingerprint density at radius 2 is 1.83 bits per heavy atom. The maximum absolute atomic E-state index is 13.2. The van der Waals surface area contributed by atoms with E-state index in [0.29, 0.717) is 5.56 Å². The van der Waals surface area contributed by atoms with Gasteiger partial charge in [-0.1, -0.05) is 6.07 Å². The number of benzene rings is 1. The van der Waals surface area contributed by atoms with E-state index in [1.807, 2.05) is 24.5 Å². The molecule has 2 aromatic heterocycles. The summed E-state index contributed by atoms with van der Waals surface area (Å²) in [7, 11) is 2.08. The average molecular weight is 470 g/mol. The summed E-state index contributed by atoms with van der Waals surface area (Å²) in [5.74, 6) is 1.69. The Hall–Kier alpha value is -3.65. The molecule has 0 saturated carbocycles. The van der Waals surface area contributed by atoms with Gasteiger partial charge in [0.2, 0.25) is 0 Å². The normalized spacial score (nSPS) is 18.3. The van der Waals surface area contributed by atoms with Crippen LogP contribution in [0.2, 0.25) is 0 Å². The highest BCUT2D eigenvalue weighted by atomic mass is 16.2. The highest BCUT2D eigenvalue weighted by Gasteiger charge is 2.40. The fourth-order valence-electron chi connectivity index (χ4n) is 5.63. The van der Waals surface area contributed by atoms with Gasteiger partial charge in [-0.25, -0.2) is 9.97 Å². The number of hydrogen-bond donors (Lipinski definition) is 3. The molecule has 3 aliphatic rings. The Morgan fingerprint density at radius 3 is 2.60 bits per heavy atom. The van der Waals surface area contributed by atoms with E-state index < -0.39 is 5.54 Å². The first kappa shape index (κ1) is 21.9. The fraction of sp³-hybridized carbons (Fsp3) is 0.370. The van der Waals surface area contributed by atoms with Crippen molar-refractivity contribution in [3.05, 3.63) is 59.4 Å². The van der Waals surface area contributed by atoms with Crippen LogP contribution in [0.3, 0.4) is 0 Å². The summed E-state index contributed by atoms with van der Waals surface area (Å²) in [5.41, 5.74) is 6.61. The third kappa shape index (κ3) is 3.69. The first-order chi connectivity index (χ1) is 16.9. The summed E-state index contributed by atoms with van der Waals surface area (Å²) in [6, 6.07) is 10.3. The molecule has 5 heterocycles. The second-order valence-electron chi connectivity index (χ2n) is 10.1. The van der Waals surface area contributed by atoms with E-state index in [4.69, 9.17) is 0 Å². The molecular formula is C27H31N7O. The Bertz CT molecular complexity index is 1300. The molecule has 6 rings (SSSR count). The van der Waals surface area contributed by atoms with Crippen LogP contribution in [0.15, 0.2) is 42.7 Å². The lowest BCUT2D eigenvalue weighted by atomic mass is 9.84. The zero-order valence-corrected chi connectivity index (χ0v) is 20.5. The van der Waals surface area contributed by atoms with Crippen molar-refractivity contribution in [2.45, 2.75) is 25.8 Å². The number of aromatic nitrogens is 2. The highest BCUT2D eigenvalue weighted by Crippen LogP contribution is 2.45. The maximum atomic E-state index is 13.2. The molecule has 3 N–H and O–H groups in total. The lowest BCUT2D eigenvalue weighted by Gasteiger charge is -2.29. The van der Waals surface area contributed by atoms with Crippen molar-refractivity contribution >= 4 is 28.9 Å². The Labute approximate surface area is 205 Å². The lowest BCUT2D eigenvalue weighted by molar-refractivity contribution is 0.0941. The number of amides is 1. The molecule has 1 amide bonds. The second-order valence-corrected chi connectivity index (χ2v) is 10.1. The minimum Gasteiger partial charge on any atom is -0.368 e. The minimum atomic E-state index is -0.486. The molecule has 8 nitrogen and oxygen atoms in total. The summed E-state index contributed by atoms with van der Waals surface area (Å²) >= 11 is 0. The van der Waals surface area contributed by atoms with Crippen LogP contribution in [0.4, 0.5) is 23.0 Å². The van der Waals surface area contributed by atoms with E-state index in [0.717, 1.165) is 78.8 Å². The fourth-order valence-corrected chi connectivity index (χ4v) is 5.63. The van der Waals surface area contributed by atoms with Crippen LogP contribution in [0.1, 0.15) is 35.3 Å². The zero-order valence-electron chi connectivity index (χ0n) is 20.5. The van der Waals surface area contributed by atoms with Crippen LogP contribution in [0.5, 0.6) is 0 Å². The SMILES string of the molecule is CN1CCc2c(-c3ccc(Nc4ccc(N5CCNCC5)cn4)c4c3C(C)(C)NC4=O)ccnc21. The van der Waals surface area contributed by atoms with Crippen molar-refractivity contribution in [1.29, 1.82) is 0 Å². The van der Waals surface area contributed by atoms with Gasteiger partial charge in [0.05, 0.1) is 28.7 Å². The number of likely N-dealkylation sites (N-methyl/N-ethyl adjacent to an activating group) is 1. The van der Waals surface area contributed by atoms with Gasteiger partial charge in [0, 0.05) is 51.5 Å². The van der Waals surface area contributed by atoms with Gasteiger partial charge in [-0.2, -0.15) is 0 Å². The Kier molecular flexibility index (Phi) is 5.14. The van der Waals surface area contributed by atoms with Crippen LogP contribution in [0.25, 0.3) is 11.1 Å². The molecule has 1 aromatic carbocycles. The number of pyridine rings is 2. The highest BCUT2D eigenvalue weighted by molar-refractivity contribution is 6.07. The monoisotopic (exact) mass is 469 g/mol. The number of rotatable bonds is 4. The van der Waals surface area contributed by atoms with Crippen LogP contribution in [0, 0.1) is 0 Å². The van der Waals surface area contributed by atoms with Gasteiger partial charge < -0.3 is 25.8 Å². The van der Waals surface area contributed by atoms with E-state index >= 15 is 0 Å². The number of carbonyl (C=O) groups is 1. The van der Waals surface area contributed by atoms with Gasteiger partial charge >= 0.3 is 0 Å². The van der Waals surface area contributed by atoms with E-state index in [-0.39, 0.29) is 5.91 Å². The van der Waals surface area contributed by atoms with Crippen LogP contribution < -0.4 is 25.8 Å². The van der Waals surface area contributed by atoms with Crippen molar-refractivity contribution in [2.75, 3.05) is 54.9 Å². The number of hydrogen-bond acceptors (Lipinski definition) is 7. The zero-order chi connectivity index (χ0) is 24.2. The number of piperazine rings is 1. The lowest BCUT2D eigenvalue weighted by Crippen LogP contribution is -2.43. The first-order valence-electron chi connectivity index (χ1n) is 12.3. The average Bonchev–Trinajstić information content (AvgIpc) is 3.36. The molecule has 3 aliphatic heterocycles. The third-order valence-corrected chi connectivity index (χ3v) is 7.36. The van der Waals surface area contributed by atoms with Crippen molar-refractivity contribution in [3.63, 3.8) is 0 Å². The van der Waals surface area contributed by atoms with Crippen molar-refractivity contribution in [1.82, 2.24) is 20.6 Å². The second kappa shape index (κ2) is 8.23.